The molecule has 0 spiro atoms. The fourth-order valence-corrected chi connectivity index (χ4v) is 3.78. The Morgan fingerprint density at radius 2 is 2.00 bits per heavy atom. The first-order valence-electron chi connectivity index (χ1n) is 5.89. The van der Waals surface area contributed by atoms with Gasteiger partial charge in [0, 0.05) is 11.8 Å². The number of aliphatic imine (C=N–C) groups is 1. The lowest BCUT2D eigenvalue weighted by Gasteiger charge is -2.31. The number of amidine groups is 1. The second kappa shape index (κ2) is 3.76. The standard InChI is InChI=1S/C11H18N2S/c1-3-8-7-14-11(13-10(8)6-1)12-9-4-2-5-9/h8-10H,1-7H2,(H,12,13). The molecule has 3 rings (SSSR count). The Bertz CT molecular complexity index is 248. The topological polar surface area (TPSA) is 24.4 Å². The van der Waals surface area contributed by atoms with Crippen LogP contribution in [0.5, 0.6) is 0 Å². The lowest BCUT2D eigenvalue weighted by atomic mass is 9.93. The van der Waals surface area contributed by atoms with E-state index in [-0.39, 0.29) is 0 Å². The number of hydrogen-bond acceptors (Lipinski definition) is 3. The summed E-state index contributed by atoms with van der Waals surface area (Å²) in [6.45, 7) is 0. The molecule has 0 radical (unpaired) electrons. The maximum Gasteiger partial charge on any atom is 0.157 e. The zero-order chi connectivity index (χ0) is 9.38. The summed E-state index contributed by atoms with van der Waals surface area (Å²) in [6.07, 6.45) is 8.26. The van der Waals surface area contributed by atoms with Gasteiger partial charge < -0.3 is 5.32 Å². The van der Waals surface area contributed by atoms with Crippen molar-refractivity contribution in [3.05, 3.63) is 0 Å². The fraction of sp³-hybridized carbons (Fsp3) is 0.909. The molecule has 2 unspecified atom stereocenters. The Morgan fingerprint density at radius 3 is 2.79 bits per heavy atom. The van der Waals surface area contributed by atoms with Crippen LogP contribution < -0.4 is 5.32 Å². The molecule has 0 aromatic rings. The van der Waals surface area contributed by atoms with Crippen LogP contribution in [0.4, 0.5) is 0 Å². The quantitative estimate of drug-likeness (QED) is 0.718. The fourth-order valence-electron chi connectivity index (χ4n) is 2.56. The first kappa shape index (κ1) is 9.08. The van der Waals surface area contributed by atoms with Gasteiger partial charge in [-0.2, -0.15) is 0 Å². The van der Waals surface area contributed by atoms with Gasteiger partial charge in [-0.1, -0.05) is 18.2 Å². The van der Waals surface area contributed by atoms with Crippen molar-refractivity contribution in [1.82, 2.24) is 5.32 Å². The van der Waals surface area contributed by atoms with Crippen molar-refractivity contribution < 1.29 is 0 Å². The van der Waals surface area contributed by atoms with Crippen LogP contribution in [-0.4, -0.2) is 23.0 Å². The molecule has 2 nitrogen and oxygen atoms in total. The number of nitrogens with zero attached hydrogens (tertiary/aromatic N) is 1. The van der Waals surface area contributed by atoms with Crippen molar-refractivity contribution in [3.63, 3.8) is 0 Å². The molecular formula is C11H18N2S. The summed E-state index contributed by atoms with van der Waals surface area (Å²) in [5, 5.41) is 4.83. The molecule has 0 aromatic carbocycles. The molecule has 0 bridgehead atoms. The number of thioether (sulfide) groups is 1. The maximum absolute atomic E-state index is 4.83. The molecule has 2 fully saturated rings. The van der Waals surface area contributed by atoms with Gasteiger partial charge in [0.1, 0.15) is 0 Å². The van der Waals surface area contributed by atoms with Crippen LogP contribution in [-0.2, 0) is 0 Å². The molecule has 0 saturated heterocycles. The van der Waals surface area contributed by atoms with Gasteiger partial charge in [0.25, 0.3) is 0 Å². The van der Waals surface area contributed by atoms with Gasteiger partial charge in [0.05, 0.1) is 6.04 Å². The first-order chi connectivity index (χ1) is 6.92. The molecule has 1 N–H and O–H groups in total. The Labute approximate surface area is 89.9 Å². The third-order valence-corrected chi connectivity index (χ3v) is 4.86. The summed E-state index contributed by atoms with van der Waals surface area (Å²) in [7, 11) is 0. The van der Waals surface area contributed by atoms with E-state index >= 15 is 0 Å². The molecule has 78 valence electrons. The van der Waals surface area contributed by atoms with E-state index in [1.54, 1.807) is 0 Å². The average Bonchev–Trinajstić information content (AvgIpc) is 2.58. The molecule has 3 aliphatic rings. The third-order valence-electron chi connectivity index (χ3n) is 3.77. The summed E-state index contributed by atoms with van der Waals surface area (Å²) >= 11 is 1.96. The molecule has 0 amide bonds. The monoisotopic (exact) mass is 210 g/mol. The summed E-state index contributed by atoms with van der Waals surface area (Å²) in [5.41, 5.74) is 0. The van der Waals surface area contributed by atoms with E-state index < -0.39 is 0 Å². The normalized spacial score (nSPS) is 37.3. The highest BCUT2D eigenvalue weighted by molar-refractivity contribution is 8.13. The number of hydrogen-bond donors (Lipinski definition) is 1. The summed E-state index contributed by atoms with van der Waals surface area (Å²) in [5.74, 6) is 2.20. The Morgan fingerprint density at radius 1 is 1.14 bits per heavy atom. The van der Waals surface area contributed by atoms with Crippen molar-refractivity contribution in [2.75, 3.05) is 5.75 Å². The SMILES string of the molecule is C1CC(NC2=NC3CCCC3CS2)C1. The molecule has 1 heterocycles. The van der Waals surface area contributed by atoms with Crippen LogP contribution in [0.15, 0.2) is 4.99 Å². The van der Waals surface area contributed by atoms with Crippen molar-refractivity contribution in [2.45, 2.75) is 50.6 Å². The van der Waals surface area contributed by atoms with Gasteiger partial charge in [-0.3, -0.25) is 4.99 Å². The summed E-state index contributed by atoms with van der Waals surface area (Å²) in [6, 6.07) is 1.41. The zero-order valence-electron chi connectivity index (χ0n) is 8.54. The van der Waals surface area contributed by atoms with Crippen LogP contribution in [0.3, 0.4) is 0 Å². The molecule has 2 atom stereocenters. The molecular weight excluding hydrogens is 192 g/mol. The first-order valence-corrected chi connectivity index (χ1v) is 6.87. The summed E-state index contributed by atoms with van der Waals surface area (Å²) < 4.78 is 0. The van der Waals surface area contributed by atoms with Gasteiger partial charge in [0.2, 0.25) is 0 Å². The van der Waals surface area contributed by atoms with Gasteiger partial charge in [0.15, 0.2) is 5.17 Å². The maximum atomic E-state index is 4.83. The van der Waals surface area contributed by atoms with Crippen LogP contribution in [0.2, 0.25) is 0 Å². The smallest absolute Gasteiger partial charge is 0.157 e. The summed E-state index contributed by atoms with van der Waals surface area (Å²) in [4.78, 5) is 4.83. The molecule has 3 heteroatoms. The van der Waals surface area contributed by atoms with E-state index in [4.69, 9.17) is 4.99 Å². The van der Waals surface area contributed by atoms with Crippen LogP contribution >= 0.6 is 11.8 Å². The highest BCUT2D eigenvalue weighted by atomic mass is 32.2. The van der Waals surface area contributed by atoms with Gasteiger partial charge >= 0.3 is 0 Å². The van der Waals surface area contributed by atoms with Gasteiger partial charge in [-0.15, -0.1) is 0 Å². The zero-order valence-corrected chi connectivity index (χ0v) is 9.35. The number of rotatable bonds is 1. The van der Waals surface area contributed by atoms with Crippen LogP contribution in [0.25, 0.3) is 0 Å². The van der Waals surface area contributed by atoms with E-state index in [0.717, 1.165) is 12.0 Å². The van der Waals surface area contributed by atoms with Gasteiger partial charge in [-0.25, -0.2) is 0 Å². The minimum atomic E-state index is 0.666. The second-order valence-electron chi connectivity index (χ2n) is 4.78. The molecule has 2 aliphatic carbocycles. The van der Waals surface area contributed by atoms with Crippen LogP contribution in [0.1, 0.15) is 38.5 Å². The van der Waals surface area contributed by atoms with Crippen molar-refractivity contribution in [1.29, 1.82) is 0 Å². The minimum Gasteiger partial charge on any atom is -0.362 e. The highest BCUT2D eigenvalue weighted by Gasteiger charge is 2.31. The Balaban J connectivity index is 1.62. The van der Waals surface area contributed by atoms with E-state index in [1.165, 1.54) is 49.4 Å². The van der Waals surface area contributed by atoms with E-state index in [0.29, 0.717) is 6.04 Å². The Kier molecular flexibility index (Phi) is 2.44. The Hall–Kier alpha value is -0.180. The van der Waals surface area contributed by atoms with Crippen LogP contribution in [0, 0.1) is 5.92 Å². The molecule has 0 aromatic heterocycles. The van der Waals surface area contributed by atoms with Crippen molar-refractivity contribution in [3.8, 4) is 0 Å². The third kappa shape index (κ3) is 1.67. The molecule has 1 aliphatic heterocycles. The number of fused-ring (bicyclic) bond motifs is 1. The molecule has 2 saturated carbocycles. The highest BCUT2D eigenvalue weighted by Crippen LogP contribution is 2.35. The van der Waals surface area contributed by atoms with E-state index in [1.807, 2.05) is 11.8 Å². The predicted molar refractivity (Wildman–Crippen MR) is 61.8 cm³/mol. The average molecular weight is 210 g/mol. The molecule has 14 heavy (non-hydrogen) atoms. The lowest BCUT2D eigenvalue weighted by molar-refractivity contribution is 0.383. The van der Waals surface area contributed by atoms with Crippen molar-refractivity contribution >= 4 is 16.9 Å². The van der Waals surface area contributed by atoms with E-state index in [9.17, 15) is 0 Å². The van der Waals surface area contributed by atoms with Crippen molar-refractivity contribution in [2.24, 2.45) is 10.9 Å². The van der Waals surface area contributed by atoms with Gasteiger partial charge in [-0.05, 0) is 38.0 Å². The number of nitrogens with one attached hydrogen (secondary N) is 1. The lowest BCUT2D eigenvalue weighted by Crippen LogP contribution is -2.40. The minimum absolute atomic E-state index is 0.666. The van der Waals surface area contributed by atoms with E-state index in [2.05, 4.69) is 5.32 Å². The largest absolute Gasteiger partial charge is 0.362 e. The predicted octanol–water partition coefficient (Wildman–Crippen LogP) is 2.40. The second-order valence-corrected chi connectivity index (χ2v) is 5.78.